The van der Waals surface area contributed by atoms with E-state index >= 15 is 0 Å². The number of rotatable bonds is 15. The lowest BCUT2D eigenvalue weighted by atomic mass is 10.0. The van der Waals surface area contributed by atoms with Crippen molar-refractivity contribution in [2.24, 2.45) is 5.10 Å². The number of unbranched alkanes of at least 4 members (excludes halogenated alkanes) is 3. The van der Waals surface area contributed by atoms with Gasteiger partial charge in [-0.1, -0.05) is 63.5 Å². The zero-order valence-corrected chi connectivity index (χ0v) is 22.3. The second-order valence-electron chi connectivity index (χ2n) is 7.57. The molecule has 0 heterocycles. The van der Waals surface area contributed by atoms with Crippen LogP contribution in [0, 0.1) is 0 Å². The lowest BCUT2D eigenvalue weighted by Crippen LogP contribution is -2.16. The van der Waals surface area contributed by atoms with Crippen LogP contribution < -0.4 is 9.95 Å². The van der Waals surface area contributed by atoms with Crippen LogP contribution in [0.1, 0.15) is 69.6 Å². The second-order valence-corrected chi connectivity index (χ2v) is 12.1. The average Bonchev–Trinajstić information content (AvgIpc) is 2.82. The maximum absolute atomic E-state index is 12.8. The highest BCUT2D eigenvalue weighted by atomic mass is 32.7. The minimum atomic E-state index is -3.20. The van der Waals surface area contributed by atoms with E-state index in [0.29, 0.717) is 17.3 Å². The average molecular weight is 507 g/mol. The Morgan fingerprint density at radius 1 is 1.09 bits per heavy atom. The standard InChI is InChI=1S/C25H35N2O3PS2/c1-4-7-8-9-11-21-12-10-13-23(19-21)25(32)27-26-20-22-14-16-24(17-15-22)30-31(28,29-6-3)33-18-5-2/h10,12-17,19-20H,4-9,11,18H2,1-3H3,(H,27,32). The van der Waals surface area contributed by atoms with Gasteiger partial charge < -0.3 is 4.52 Å². The van der Waals surface area contributed by atoms with Gasteiger partial charge >= 0.3 is 6.80 Å². The van der Waals surface area contributed by atoms with Crippen LogP contribution in [-0.4, -0.2) is 23.6 Å². The number of benzene rings is 2. The molecule has 1 atom stereocenters. The van der Waals surface area contributed by atoms with Gasteiger partial charge in [-0.15, -0.1) is 0 Å². The predicted octanol–water partition coefficient (Wildman–Crippen LogP) is 7.78. The lowest BCUT2D eigenvalue weighted by Gasteiger charge is -2.17. The van der Waals surface area contributed by atoms with Gasteiger partial charge in [-0.3, -0.25) is 9.95 Å². The molecule has 0 aliphatic heterocycles. The van der Waals surface area contributed by atoms with Gasteiger partial charge in [-0.2, -0.15) is 5.10 Å². The van der Waals surface area contributed by atoms with Crippen LogP contribution in [0.4, 0.5) is 0 Å². The Bertz CT molecular complexity index is 936. The molecule has 0 aliphatic rings. The van der Waals surface area contributed by atoms with E-state index in [1.165, 1.54) is 42.6 Å². The van der Waals surface area contributed by atoms with Crippen molar-refractivity contribution < 1.29 is 13.6 Å². The first-order valence-electron chi connectivity index (χ1n) is 11.6. The summed E-state index contributed by atoms with van der Waals surface area (Å²) in [6.45, 7) is 3.20. The van der Waals surface area contributed by atoms with Crippen molar-refractivity contribution in [3.8, 4) is 5.75 Å². The van der Waals surface area contributed by atoms with Gasteiger partial charge in [0, 0.05) is 11.3 Å². The zero-order chi connectivity index (χ0) is 23.9. The summed E-state index contributed by atoms with van der Waals surface area (Å²) in [6.07, 6.45) is 8.66. The van der Waals surface area contributed by atoms with Gasteiger partial charge in [0.25, 0.3) is 0 Å². The third kappa shape index (κ3) is 10.4. The summed E-state index contributed by atoms with van der Waals surface area (Å²) in [5.74, 6) is 1.22. The van der Waals surface area contributed by atoms with Gasteiger partial charge in [0.15, 0.2) is 0 Å². The first-order valence-corrected chi connectivity index (χ1v) is 15.1. The summed E-state index contributed by atoms with van der Waals surface area (Å²) in [6, 6.07) is 15.6. The molecule has 0 saturated carbocycles. The molecule has 2 aromatic carbocycles. The number of hydrazone groups is 1. The van der Waals surface area contributed by atoms with Crippen molar-refractivity contribution in [2.45, 2.75) is 59.3 Å². The van der Waals surface area contributed by atoms with Crippen molar-refractivity contribution in [2.75, 3.05) is 12.4 Å². The Balaban J connectivity index is 1.90. The fourth-order valence-electron chi connectivity index (χ4n) is 3.05. The predicted molar refractivity (Wildman–Crippen MR) is 146 cm³/mol. The van der Waals surface area contributed by atoms with Crippen LogP contribution in [0.25, 0.3) is 0 Å². The molecule has 0 saturated heterocycles. The van der Waals surface area contributed by atoms with Crippen LogP contribution >= 0.6 is 30.4 Å². The SMILES string of the molecule is CCCCCCc1cccc(C(=S)NN=Cc2ccc(OP(=O)(OCC)SCCC)cc2)c1. The molecular formula is C25H35N2O3PS2. The monoisotopic (exact) mass is 506 g/mol. The van der Waals surface area contributed by atoms with Crippen molar-refractivity contribution in [1.29, 1.82) is 0 Å². The maximum atomic E-state index is 12.8. The Kier molecular flexibility index (Phi) is 12.8. The topological polar surface area (TPSA) is 59.9 Å². The van der Waals surface area contributed by atoms with Gasteiger partial charge in [-0.05, 0) is 79.0 Å². The van der Waals surface area contributed by atoms with E-state index < -0.39 is 6.80 Å². The third-order valence-corrected chi connectivity index (χ3v) is 9.01. The summed E-state index contributed by atoms with van der Waals surface area (Å²) in [4.78, 5) is 0.590. The van der Waals surface area contributed by atoms with E-state index in [9.17, 15) is 4.57 Å². The Morgan fingerprint density at radius 2 is 1.88 bits per heavy atom. The fraction of sp³-hybridized carbons (Fsp3) is 0.440. The van der Waals surface area contributed by atoms with Gasteiger partial charge in [0.05, 0.1) is 12.8 Å². The number of nitrogens with one attached hydrogen (secondary N) is 1. The Labute approximate surface area is 208 Å². The molecule has 5 nitrogen and oxygen atoms in total. The van der Waals surface area contributed by atoms with Crippen LogP contribution in [0.15, 0.2) is 53.6 Å². The normalized spacial score (nSPS) is 13.1. The summed E-state index contributed by atoms with van der Waals surface area (Å²) < 4.78 is 23.8. The number of nitrogens with zero attached hydrogens (tertiary/aromatic N) is 1. The van der Waals surface area contributed by atoms with Gasteiger partial charge in [0.1, 0.15) is 10.7 Å². The summed E-state index contributed by atoms with van der Waals surface area (Å²) >= 11 is 6.73. The Morgan fingerprint density at radius 3 is 2.58 bits per heavy atom. The summed E-state index contributed by atoms with van der Waals surface area (Å²) in [5, 5.41) is 4.27. The van der Waals surface area contributed by atoms with E-state index in [0.717, 1.165) is 29.7 Å². The van der Waals surface area contributed by atoms with Crippen LogP contribution in [0.2, 0.25) is 0 Å². The zero-order valence-electron chi connectivity index (χ0n) is 19.8. The van der Waals surface area contributed by atoms with Gasteiger partial charge in [0.2, 0.25) is 0 Å². The molecule has 0 aliphatic carbocycles. The van der Waals surface area contributed by atoms with Gasteiger partial charge in [-0.25, -0.2) is 4.57 Å². The maximum Gasteiger partial charge on any atom is 0.440 e. The van der Waals surface area contributed by atoms with Crippen LogP contribution in [0.3, 0.4) is 0 Å². The Hall–Kier alpha value is -1.66. The number of aryl methyl sites for hydroxylation is 1. The molecule has 0 aromatic heterocycles. The smallest absolute Gasteiger partial charge is 0.417 e. The van der Waals surface area contributed by atoms with Crippen molar-refractivity contribution in [3.63, 3.8) is 0 Å². The van der Waals surface area contributed by atoms with Crippen molar-refractivity contribution in [3.05, 3.63) is 65.2 Å². The van der Waals surface area contributed by atoms with Crippen LogP contribution in [-0.2, 0) is 15.5 Å². The molecule has 0 fully saturated rings. The molecule has 2 aromatic rings. The molecule has 8 heteroatoms. The second kappa shape index (κ2) is 15.3. The summed E-state index contributed by atoms with van der Waals surface area (Å²) in [5.41, 5.74) is 6.08. The van der Waals surface area contributed by atoms with E-state index in [1.807, 2.05) is 38.1 Å². The molecule has 33 heavy (non-hydrogen) atoms. The van der Waals surface area contributed by atoms with Crippen molar-refractivity contribution >= 4 is 41.6 Å². The van der Waals surface area contributed by atoms with E-state index in [1.54, 1.807) is 18.3 Å². The van der Waals surface area contributed by atoms with E-state index in [4.69, 9.17) is 21.3 Å². The molecule has 1 unspecified atom stereocenters. The number of thiocarbonyl (C=S) groups is 1. The molecule has 0 bridgehead atoms. The molecule has 0 spiro atoms. The first-order chi connectivity index (χ1) is 16.0. The van der Waals surface area contributed by atoms with E-state index in [2.05, 4.69) is 29.6 Å². The third-order valence-electron chi connectivity index (χ3n) is 4.73. The molecule has 2 rings (SSSR count). The quantitative estimate of drug-likeness (QED) is 0.0875. The summed E-state index contributed by atoms with van der Waals surface area (Å²) in [7, 11) is 0. The molecule has 1 N–H and O–H groups in total. The highest BCUT2D eigenvalue weighted by Crippen LogP contribution is 2.60. The fourth-order valence-corrected chi connectivity index (χ4v) is 6.69. The lowest BCUT2D eigenvalue weighted by molar-refractivity contribution is 0.296. The minimum Gasteiger partial charge on any atom is -0.417 e. The number of hydrogen-bond acceptors (Lipinski definition) is 6. The first kappa shape index (κ1) is 27.6. The number of hydrogen-bond donors (Lipinski definition) is 1. The largest absolute Gasteiger partial charge is 0.440 e. The highest BCUT2D eigenvalue weighted by Gasteiger charge is 2.26. The minimum absolute atomic E-state index is 0.339. The molecular weight excluding hydrogens is 471 g/mol. The molecule has 0 radical (unpaired) electrons. The highest BCUT2D eigenvalue weighted by molar-refractivity contribution is 8.55. The van der Waals surface area contributed by atoms with Crippen molar-refractivity contribution in [1.82, 2.24) is 5.43 Å². The van der Waals surface area contributed by atoms with E-state index in [-0.39, 0.29) is 0 Å². The molecule has 180 valence electrons. The van der Waals surface area contributed by atoms with Crippen LogP contribution in [0.5, 0.6) is 5.75 Å². The molecule has 0 amide bonds.